The number of rotatable bonds is 9. The molecule has 3 amide bonds. The van der Waals surface area contributed by atoms with Crippen molar-refractivity contribution in [1.82, 2.24) is 10.2 Å². The van der Waals surface area contributed by atoms with Crippen LogP contribution in [0, 0.1) is 0 Å². The molecule has 1 saturated carbocycles. The van der Waals surface area contributed by atoms with Gasteiger partial charge in [-0.05, 0) is 55.8 Å². The fourth-order valence-electron chi connectivity index (χ4n) is 4.05. The third-order valence-corrected chi connectivity index (χ3v) is 5.89. The Kier molecular flexibility index (Phi) is 8.92. The molecule has 0 aliphatic heterocycles. The highest BCUT2D eigenvalue weighted by Gasteiger charge is 2.19. The Hall–Kier alpha value is -3.06. The van der Waals surface area contributed by atoms with Crippen LogP contribution in [0.25, 0.3) is 0 Å². The SMILES string of the molecule is COc1ccc(NC(=O)NCCC(=O)Nc2ccccc2CN(C)C2CCCCC2)cc1. The summed E-state index contributed by atoms with van der Waals surface area (Å²) >= 11 is 0. The molecule has 1 aliphatic carbocycles. The molecule has 7 heteroatoms. The van der Waals surface area contributed by atoms with Crippen LogP contribution >= 0.6 is 0 Å². The predicted octanol–water partition coefficient (Wildman–Crippen LogP) is 4.61. The number of benzene rings is 2. The molecule has 1 aliphatic rings. The third kappa shape index (κ3) is 7.27. The number of anilines is 2. The van der Waals surface area contributed by atoms with Gasteiger partial charge in [-0.3, -0.25) is 9.69 Å². The summed E-state index contributed by atoms with van der Waals surface area (Å²) < 4.78 is 5.10. The van der Waals surface area contributed by atoms with Crippen LogP contribution in [0.2, 0.25) is 0 Å². The van der Waals surface area contributed by atoms with Crippen molar-refractivity contribution in [3.05, 3.63) is 54.1 Å². The summed E-state index contributed by atoms with van der Waals surface area (Å²) in [5.74, 6) is 0.598. The number of para-hydroxylation sites is 1. The molecule has 2 aromatic rings. The van der Waals surface area contributed by atoms with E-state index in [1.165, 1.54) is 32.1 Å². The number of methoxy groups -OCH3 is 1. The number of ether oxygens (including phenoxy) is 1. The van der Waals surface area contributed by atoms with Gasteiger partial charge in [-0.15, -0.1) is 0 Å². The number of nitrogens with zero attached hydrogens (tertiary/aromatic N) is 1. The van der Waals surface area contributed by atoms with Crippen molar-refractivity contribution < 1.29 is 14.3 Å². The monoisotopic (exact) mass is 438 g/mol. The molecule has 2 aromatic carbocycles. The molecule has 0 unspecified atom stereocenters. The molecule has 0 atom stereocenters. The first-order valence-corrected chi connectivity index (χ1v) is 11.3. The van der Waals surface area contributed by atoms with Gasteiger partial charge in [-0.1, -0.05) is 37.5 Å². The van der Waals surface area contributed by atoms with E-state index in [0.29, 0.717) is 11.7 Å². The van der Waals surface area contributed by atoms with Crippen molar-refractivity contribution in [2.75, 3.05) is 31.3 Å². The van der Waals surface area contributed by atoms with Gasteiger partial charge in [0.15, 0.2) is 0 Å². The van der Waals surface area contributed by atoms with Crippen LogP contribution in [0.3, 0.4) is 0 Å². The van der Waals surface area contributed by atoms with Gasteiger partial charge in [0, 0.05) is 36.9 Å². The number of hydrogen-bond acceptors (Lipinski definition) is 4. The maximum Gasteiger partial charge on any atom is 0.319 e. The van der Waals surface area contributed by atoms with E-state index in [0.717, 1.165) is 23.5 Å². The standard InChI is InChI=1S/C25H34N4O3/c1-29(21-9-4-3-5-10-21)18-19-8-6-7-11-23(19)28-24(30)16-17-26-25(31)27-20-12-14-22(32-2)15-13-20/h6-8,11-15,21H,3-5,9-10,16-18H2,1-2H3,(H,28,30)(H2,26,27,31). The molecule has 0 radical (unpaired) electrons. The van der Waals surface area contributed by atoms with Crippen LogP contribution in [0.15, 0.2) is 48.5 Å². The fourth-order valence-corrected chi connectivity index (χ4v) is 4.05. The van der Waals surface area contributed by atoms with Gasteiger partial charge in [0.2, 0.25) is 5.91 Å². The van der Waals surface area contributed by atoms with Crippen LogP contribution in [0.1, 0.15) is 44.1 Å². The van der Waals surface area contributed by atoms with E-state index in [-0.39, 0.29) is 24.9 Å². The lowest BCUT2D eigenvalue weighted by Crippen LogP contribution is -2.33. The summed E-state index contributed by atoms with van der Waals surface area (Å²) in [5, 5.41) is 8.46. The second-order valence-corrected chi connectivity index (χ2v) is 8.27. The van der Waals surface area contributed by atoms with Crippen molar-refractivity contribution >= 4 is 23.3 Å². The molecule has 0 bridgehead atoms. The molecular weight excluding hydrogens is 404 g/mol. The lowest BCUT2D eigenvalue weighted by Gasteiger charge is -2.31. The Morgan fingerprint density at radius 3 is 2.44 bits per heavy atom. The smallest absolute Gasteiger partial charge is 0.319 e. The first-order valence-electron chi connectivity index (χ1n) is 11.3. The van der Waals surface area contributed by atoms with Crippen LogP contribution in [0.4, 0.5) is 16.2 Å². The molecule has 0 heterocycles. The zero-order valence-electron chi connectivity index (χ0n) is 19.0. The van der Waals surface area contributed by atoms with E-state index in [1.54, 1.807) is 31.4 Å². The van der Waals surface area contributed by atoms with Crippen LogP contribution in [-0.2, 0) is 11.3 Å². The minimum Gasteiger partial charge on any atom is -0.497 e. The lowest BCUT2D eigenvalue weighted by molar-refractivity contribution is -0.116. The van der Waals surface area contributed by atoms with Gasteiger partial charge in [-0.25, -0.2) is 4.79 Å². The van der Waals surface area contributed by atoms with Gasteiger partial charge in [0.25, 0.3) is 0 Å². The molecular formula is C25H34N4O3. The Bertz CT molecular complexity index is 879. The van der Waals surface area contributed by atoms with Gasteiger partial charge in [0.1, 0.15) is 5.75 Å². The summed E-state index contributed by atoms with van der Waals surface area (Å²) in [6, 6.07) is 15.3. The minimum absolute atomic E-state index is 0.123. The highest BCUT2D eigenvalue weighted by Crippen LogP contribution is 2.25. The summed E-state index contributed by atoms with van der Waals surface area (Å²) in [7, 11) is 3.76. The predicted molar refractivity (Wildman–Crippen MR) is 128 cm³/mol. The summed E-state index contributed by atoms with van der Waals surface area (Å²) in [4.78, 5) is 26.9. The molecule has 32 heavy (non-hydrogen) atoms. The molecule has 0 spiro atoms. The minimum atomic E-state index is -0.350. The lowest BCUT2D eigenvalue weighted by atomic mass is 9.94. The number of carbonyl (C=O) groups is 2. The second-order valence-electron chi connectivity index (χ2n) is 8.27. The van der Waals surface area contributed by atoms with Crippen molar-refractivity contribution in [1.29, 1.82) is 0 Å². The Morgan fingerprint density at radius 1 is 1.00 bits per heavy atom. The van der Waals surface area contributed by atoms with E-state index in [4.69, 9.17) is 4.74 Å². The zero-order valence-corrected chi connectivity index (χ0v) is 19.0. The average Bonchev–Trinajstić information content (AvgIpc) is 2.81. The first kappa shape index (κ1) is 23.6. The molecule has 3 rings (SSSR count). The highest BCUT2D eigenvalue weighted by atomic mass is 16.5. The van der Waals surface area contributed by atoms with E-state index in [9.17, 15) is 9.59 Å². The van der Waals surface area contributed by atoms with Gasteiger partial charge in [-0.2, -0.15) is 0 Å². The quantitative estimate of drug-likeness (QED) is 0.534. The number of nitrogens with one attached hydrogen (secondary N) is 3. The largest absolute Gasteiger partial charge is 0.497 e. The van der Waals surface area contributed by atoms with Crippen LogP contribution < -0.4 is 20.7 Å². The summed E-state index contributed by atoms with van der Waals surface area (Å²) in [5.41, 5.74) is 2.60. The molecule has 3 N–H and O–H groups in total. The molecule has 1 fully saturated rings. The van der Waals surface area contributed by atoms with E-state index < -0.39 is 0 Å². The fraction of sp³-hybridized carbons (Fsp3) is 0.440. The average molecular weight is 439 g/mol. The summed E-state index contributed by atoms with van der Waals surface area (Å²) in [6.45, 7) is 1.06. The van der Waals surface area contributed by atoms with E-state index in [2.05, 4.69) is 34.0 Å². The third-order valence-electron chi connectivity index (χ3n) is 5.89. The number of urea groups is 1. The van der Waals surface area contributed by atoms with E-state index in [1.807, 2.05) is 18.2 Å². The van der Waals surface area contributed by atoms with Crippen LogP contribution in [-0.4, -0.2) is 43.6 Å². The van der Waals surface area contributed by atoms with E-state index >= 15 is 0 Å². The Labute approximate surface area is 190 Å². The van der Waals surface area contributed by atoms with Gasteiger partial charge < -0.3 is 20.7 Å². The van der Waals surface area contributed by atoms with Gasteiger partial charge in [0.05, 0.1) is 7.11 Å². The second kappa shape index (κ2) is 12.1. The maximum absolute atomic E-state index is 12.5. The number of hydrogen-bond donors (Lipinski definition) is 3. The number of amides is 3. The van der Waals surface area contributed by atoms with Crippen molar-refractivity contribution in [2.45, 2.75) is 51.1 Å². The number of carbonyl (C=O) groups excluding carboxylic acids is 2. The first-order chi connectivity index (χ1) is 15.5. The summed E-state index contributed by atoms with van der Waals surface area (Å²) in [6.07, 6.45) is 6.62. The normalized spacial score (nSPS) is 14.1. The van der Waals surface area contributed by atoms with Crippen LogP contribution in [0.5, 0.6) is 5.75 Å². The molecule has 0 saturated heterocycles. The maximum atomic E-state index is 12.5. The van der Waals surface area contributed by atoms with Crippen molar-refractivity contribution in [3.63, 3.8) is 0 Å². The van der Waals surface area contributed by atoms with Crippen molar-refractivity contribution in [2.24, 2.45) is 0 Å². The molecule has 7 nitrogen and oxygen atoms in total. The zero-order chi connectivity index (χ0) is 22.8. The Morgan fingerprint density at radius 2 is 1.72 bits per heavy atom. The van der Waals surface area contributed by atoms with Crippen molar-refractivity contribution in [3.8, 4) is 5.75 Å². The highest BCUT2D eigenvalue weighted by molar-refractivity contribution is 5.93. The molecule has 172 valence electrons. The van der Waals surface area contributed by atoms with Gasteiger partial charge >= 0.3 is 6.03 Å². The Balaban J connectivity index is 1.43. The topological polar surface area (TPSA) is 82.7 Å². The molecule has 0 aromatic heterocycles.